The van der Waals surface area contributed by atoms with Crippen LogP contribution in [0.3, 0.4) is 0 Å². The number of aromatic nitrogens is 1. The summed E-state index contributed by atoms with van der Waals surface area (Å²) in [4.78, 5) is 57.8. The molecule has 2 amide bonds. The number of nitrogens with zero attached hydrogens (tertiary/aromatic N) is 3. The molecule has 4 heterocycles. The van der Waals surface area contributed by atoms with Crippen LogP contribution in [-0.2, 0) is 20.7 Å². The smallest absolute Gasteiger partial charge is 0.417 e. The number of fused-ring (bicyclic) bond motifs is 1. The Morgan fingerprint density at radius 1 is 0.975 bits per heavy atom. The third kappa shape index (κ3) is 6.68. The lowest BCUT2D eigenvalue weighted by Gasteiger charge is -2.40. The molecule has 11 nitrogen and oxygen atoms in total. The predicted molar refractivity (Wildman–Crippen MR) is 147 cm³/mol. The zero-order valence-corrected chi connectivity index (χ0v) is 23.2. The van der Waals surface area contributed by atoms with Gasteiger partial charge in [0.15, 0.2) is 11.7 Å². The van der Waals surface area contributed by atoms with Crippen LogP contribution in [0.1, 0.15) is 56.1 Å². The van der Waals surface area contributed by atoms with Crippen LogP contribution in [0.25, 0.3) is 11.1 Å². The highest BCUT2D eigenvalue weighted by molar-refractivity contribution is 5.84. The summed E-state index contributed by atoms with van der Waals surface area (Å²) in [5, 5.41) is 9.06. The minimum Gasteiger partial charge on any atom is -0.480 e. The Labute approximate surface area is 233 Å². The minimum absolute atomic E-state index is 0.0971. The molecule has 40 heavy (non-hydrogen) atoms. The number of oxazole rings is 1. The SMILES string of the molecule is Cc1cc(C[C@@H](OC(=O)N2CCCCC2)C(=O)N2CCC(C3CCN(CC(=O)O)CC3)CC2)cc2oc(=O)[nH]c12. The number of nitrogens with one attached hydrogen (secondary N) is 1. The summed E-state index contributed by atoms with van der Waals surface area (Å²) >= 11 is 0. The number of aryl methyl sites for hydroxylation is 1. The number of aromatic amines is 1. The quantitative estimate of drug-likeness (QED) is 0.531. The van der Waals surface area contributed by atoms with E-state index in [1.54, 1.807) is 11.0 Å². The Bertz CT molecular complexity index is 1260. The van der Waals surface area contributed by atoms with E-state index in [9.17, 15) is 19.2 Å². The number of ether oxygens (including phenoxy) is 1. The first kappa shape index (κ1) is 28.2. The molecule has 0 aliphatic carbocycles. The topological polar surface area (TPSA) is 136 Å². The fraction of sp³-hybridized carbons (Fsp3) is 0.655. The van der Waals surface area contributed by atoms with Crippen molar-refractivity contribution in [3.05, 3.63) is 33.8 Å². The molecule has 5 rings (SSSR count). The van der Waals surface area contributed by atoms with Crippen LogP contribution < -0.4 is 5.76 Å². The number of likely N-dealkylation sites (tertiary alicyclic amines) is 3. The van der Waals surface area contributed by atoms with E-state index in [0.717, 1.165) is 69.2 Å². The van der Waals surface area contributed by atoms with Gasteiger partial charge in [0, 0.05) is 32.6 Å². The Hall–Kier alpha value is -3.34. The van der Waals surface area contributed by atoms with Crippen LogP contribution in [0.15, 0.2) is 21.3 Å². The molecule has 1 aromatic carbocycles. The van der Waals surface area contributed by atoms with E-state index < -0.39 is 23.9 Å². The van der Waals surface area contributed by atoms with E-state index in [4.69, 9.17) is 14.3 Å². The molecule has 0 saturated carbocycles. The van der Waals surface area contributed by atoms with Gasteiger partial charge in [-0.05, 0) is 94.0 Å². The number of amides is 2. The fourth-order valence-corrected chi connectivity index (χ4v) is 6.65. The Kier molecular flexibility index (Phi) is 8.78. The van der Waals surface area contributed by atoms with Crippen molar-refractivity contribution in [3.8, 4) is 0 Å². The number of rotatable bonds is 7. The van der Waals surface area contributed by atoms with Crippen molar-refractivity contribution in [1.29, 1.82) is 0 Å². The van der Waals surface area contributed by atoms with Gasteiger partial charge < -0.3 is 24.1 Å². The number of hydrogen-bond donors (Lipinski definition) is 2. The number of aliphatic carboxylic acids is 1. The first-order valence-electron chi connectivity index (χ1n) is 14.6. The van der Waals surface area contributed by atoms with E-state index in [1.807, 2.05) is 22.8 Å². The molecule has 0 bridgehead atoms. The lowest BCUT2D eigenvalue weighted by molar-refractivity contribution is -0.142. The maximum Gasteiger partial charge on any atom is 0.417 e. The van der Waals surface area contributed by atoms with Gasteiger partial charge in [-0.3, -0.25) is 19.5 Å². The summed E-state index contributed by atoms with van der Waals surface area (Å²) in [6.45, 7) is 6.06. The molecular formula is C29H40N4O7. The first-order chi connectivity index (χ1) is 19.3. The summed E-state index contributed by atoms with van der Waals surface area (Å²) in [7, 11) is 0. The van der Waals surface area contributed by atoms with Crippen LogP contribution in [0.5, 0.6) is 0 Å². The molecule has 0 spiro atoms. The van der Waals surface area contributed by atoms with Crippen LogP contribution in [0.4, 0.5) is 4.79 Å². The second kappa shape index (κ2) is 12.4. The summed E-state index contributed by atoms with van der Waals surface area (Å²) in [5.41, 5.74) is 2.63. The number of carbonyl (C=O) groups excluding carboxylic acids is 2. The molecule has 1 aromatic heterocycles. The van der Waals surface area contributed by atoms with Gasteiger partial charge in [0.1, 0.15) is 0 Å². The highest BCUT2D eigenvalue weighted by Gasteiger charge is 2.35. The second-order valence-corrected chi connectivity index (χ2v) is 11.6. The Balaban J connectivity index is 1.24. The van der Waals surface area contributed by atoms with Crippen LogP contribution >= 0.6 is 0 Å². The summed E-state index contributed by atoms with van der Waals surface area (Å²) in [6.07, 6.45) is 5.48. The van der Waals surface area contributed by atoms with Crippen LogP contribution in [-0.4, -0.2) is 94.7 Å². The summed E-state index contributed by atoms with van der Waals surface area (Å²) in [5.74, 6) is -0.454. The van der Waals surface area contributed by atoms with Crippen molar-refractivity contribution in [3.63, 3.8) is 0 Å². The molecule has 0 radical (unpaired) electrons. The van der Waals surface area contributed by atoms with Crippen molar-refractivity contribution in [2.75, 3.05) is 45.8 Å². The maximum absolute atomic E-state index is 13.8. The molecule has 2 aromatic rings. The second-order valence-electron chi connectivity index (χ2n) is 11.6. The van der Waals surface area contributed by atoms with E-state index in [2.05, 4.69) is 4.98 Å². The van der Waals surface area contributed by atoms with Gasteiger partial charge in [-0.15, -0.1) is 0 Å². The molecule has 1 atom stereocenters. The average Bonchev–Trinajstić information content (AvgIpc) is 3.33. The molecule has 3 saturated heterocycles. The standard InChI is InChI=1S/C29H40N4O7/c1-19-15-20(16-23-26(19)30-28(37)39-23)17-24(40-29(38)33-9-3-2-4-10-33)27(36)32-13-7-22(8-14-32)21-5-11-31(12-6-21)18-25(34)35/h15-16,21-22,24H,2-14,17-18H2,1H3,(H,30,37)(H,34,35)/t24-/m1/s1. The molecule has 218 valence electrons. The lowest BCUT2D eigenvalue weighted by atomic mass is 9.78. The monoisotopic (exact) mass is 556 g/mol. The van der Waals surface area contributed by atoms with Gasteiger partial charge >= 0.3 is 17.8 Å². The highest BCUT2D eigenvalue weighted by atomic mass is 16.6. The highest BCUT2D eigenvalue weighted by Crippen LogP contribution is 2.33. The van der Waals surface area contributed by atoms with Gasteiger partial charge in [-0.25, -0.2) is 9.59 Å². The molecule has 3 aliphatic rings. The molecule has 0 unspecified atom stereocenters. The predicted octanol–water partition coefficient (Wildman–Crippen LogP) is 3.00. The molecule has 2 N–H and O–H groups in total. The van der Waals surface area contributed by atoms with Gasteiger partial charge in [-0.2, -0.15) is 0 Å². The van der Waals surface area contributed by atoms with Crippen molar-refractivity contribution in [2.45, 2.75) is 64.4 Å². The number of carboxylic acid groups (broad SMARTS) is 1. The summed E-state index contributed by atoms with van der Waals surface area (Å²) < 4.78 is 11.2. The van der Waals surface area contributed by atoms with Crippen LogP contribution in [0.2, 0.25) is 0 Å². The average molecular weight is 557 g/mol. The molecular weight excluding hydrogens is 516 g/mol. The zero-order chi connectivity index (χ0) is 28.2. The van der Waals surface area contributed by atoms with Crippen molar-refractivity contribution >= 4 is 29.1 Å². The number of carbonyl (C=O) groups is 3. The first-order valence-corrected chi connectivity index (χ1v) is 14.6. The third-order valence-corrected chi connectivity index (χ3v) is 8.85. The van der Waals surface area contributed by atoms with Gasteiger partial charge in [0.2, 0.25) is 0 Å². The van der Waals surface area contributed by atoms with Gasteiger partial charge in [-0.1, -0.05) is 6.07 Å². The molecule has 11 heteroatoms. The molecule has 3 aliphatic heterocycles. The zero-order valence-electron chi connectivity index (χ0n) is 23.2. The van der Waals surface area contributed by atoms with E-state index >= 15 is 0 Å². The van der Waals surface area contributed by atoms with Crippen molar-refractivity contribution in [2.24, 2.45) is 11.8 Å². The van der Waals surface area contributed by atoms with E-state index in [1.165, 1.54) is 0 Å². The van der Waals surface area contributed by atoms with Crippen molar-refractivity contribution < 1.29 is 28.6 Å². The third-order valence-electron chi connectivity index (χ3n) is 8.85. The van der Waals surface area contributed by atoms with E-state index in [0.29, 0.717) is 49.1 Å². The number of hydrogen-bond acceptors (Lipinski definition) is 7. The normalized spacial score (nSPS) is 20.5. The number of carboxylic acids is 1. The lowest BCUT2D eigenvalue weighted by Crippen LogP contribution is -2.49. The van der Waals surface area contributed by atoms with Gasteiger partial charge in [0.25, 0.3) is 5.91 Å². The fourth-order valence-electron chi connectivity index (χ4n) is 6.65. The Morgan fingerprint density at radius 3 is 2.27 bits per heavy atom. The number of H-pyrrole nitrogens is 1. The molecule has 3 fully saturated rings. The largest absolute Gasteiger partial charge is 0.480 e. The maximum atomic E-state index is 13.8. The summed E-state index contributed by atoms with van der Waals surface area (Å²) in [6, 6.07) is 3.63. The van der Waals surface area contributed by atoms with Gasteiger partial charge in [0.05, 0.1) is 12.1 Å². The Morgan fingerprint density at radius 2 is 1.62 bits per heavy atom. The number of benzene rings is 1. The van der Waals surface area contributed by atoms with E-state index in [-0.39, 0.29) is 18.9 Å². The number of piperidine rings is 3. The van der Waals surface area contributed by atoms with Crippen molar-refractivity contribution in [1.82, 2.24) is 19.7 Å². The van der Waals surface area contributed by atoms with Crippen LogP contribution in [0, 0.1) is 18.8 Å². The minimum atomic E-state index is -0.965.